The van der Waals surface area contributed by atoms with Crippen molar-refractivity contribution in [2.45, 2.75) is 13.5 Å². The van der Waals surface area contributed by atoms with Gasteiger partial charge < -0.3 is 10.1 Å². The Balaban J connectivity index is 1.71. The molecular formula is C18H13ClF2N2O2S. The lowest BCUT2D eigenvalue weighted by Crippen LogP contribution is -2.14. The molecule has 3 aromatic rings. The normalized spacial score (nSPS) is 10.6. The van der Waals surface area contributed by atoms with Crippen LogP contribution in [0.15, 0.2) is 42.5 Å². The molecular weight excluding hydrogens is 382 g/mol. The number of halogens is 3. The molecule has 0 spiro atoms. The van der Waals surface area contributed by atoms with E-state index in [4.69, 9.17) is 16.3 Å². The number of hydrogen-bond donors (Lipinski definition) is 1. The molecule has 0 aliphatic rings. The summed E-state index contributed by atoms with van der Waals surface area (Å²) >= 11 is 6.91. The fraction of sp³-hybridized carbons (Fsp3) is 0.111. The Labute approximate surface area is 157 Å². The lowest BCUT2D eigenvalue weighted by atomic mass is 10.2. The third kappa shape index (κ3) is 4.17. The summed E-state index contributed by atoms with van der Waals surface area (Å²) in [6, 6.07) is 10.2. The molecule has 8 heteroatoms. The molecule has 26 heavy (non-hydrogen) atoms. The molecule has 0 unspecified atom stereocenters. The maximum atomic E-state index is 13.7. The highest BCUT2D eigenvalue weighted by atomic mass is 35.5. The third-order valence-corrected chi connectivity index (χ3v) is 4.81. The van der Waals surface area contributed by atoms with Crippen LogP contribution in [0.2, 0.25) is 5.02 Å². The minimum Gasteiger partial charge on any atom is -0.486 e. The fourth-order valence-electron chi connectivity index (χ4n) is 2.19. The van der Waals surface area contributed by atoms with Gasteiger partial charge in [-0.1, -0.05) is 17.7 Å². The molecule has 0 bridgehead atoms. The van der Waals surface area contributed by atoms with E-state index in [0.717, 1.165) is 23.5 Å². The Morgan fingerprint density at radius 3 is 2.50 bits per heavy atom. The minimum atomic E-state index is -0.841. The average Bonchev–Trinajstić information content (AvgIpc) is 2.98. The number of anilines is 1. The molecule has 0 aliphatic carbocycles. The first kappa shape index (κ1) is 18.3. The van der Waals surface area contributed by atoms with Crippen LogP contribution < -0.4 is 10.1 Å². The lowest BCUT2D eigenvalue weighted by Gasteiger charge is -2.06. The molecule has 0 aliphatic heterocycles. The summed E-state index contributed by atoms with van der Waals surface area (Å²) in [6.07, 6.45) is 0. The van der Waals surface area contributed by atoms with Gasteiger partial charge in [0.2, 0.25) is 0 Å². The number of carbonyl (C=O) groups excluding carboxylic acids is 1. The third-order valence-electron chi connectivity index (χ3n) is 3.42. The topological polar surface area (TPSA) is 51.2 Å². The van der Waals surface area contributed by atoms with Crippen molar-refractivity contribution in [1.29, 1.82) is 0 Å². The quantitative estimate of drug-likeness (QED) is 0.646. The van der Waals surface area contributed by atoms with Crippen LogP contribution in [0.4, 0.5) is 14.5 Å². The largest absolute Gasteiger partial charge is 0.486 e. The molecule has 0 fully saturated rings. The predicted octanol–water partition coefficient (Wildman–Crippen LogP) is 5.21. The van der Waals surface area contributed by atoms with Crippen LogP contribution in [0.3, 0.4) is 0 Å². The van der Waals surface area contributed by atoms with E-state index in [9.17, 15) is 13.6 Å². The van der Waals surface area contributed by atoms with Crippen molar-refractivity contribution in [2.75, 3.05) is 5.32 Å². The van der Waals surface area contributed by atoms with Crippen LogP contribution in [0.5, 0.6) is 5.75 Å². The van der Waals surface area contributed by atoms with Gasteiger partial charge in [-0.3, -0.25) is 4.79 Å². The van der Waals surface area contributed by atoms with Crippen molar-refractivity contribution in [3.63, 3.8) is 0 Å². The molecule has 2 aromatic carbocycles. The summed E-state index contributed by atoms with van der Waals surface area (Å²) in [5.74, 6) is -1.69. The van der Waals surface area contributed by atoms with Gasteiger partial charge in [-0.2, -0.15) is 0 Å². The SMILES string of the molecule is Cc1nc(COc2ccc(Cl)cc2)sc1C(=O)Nc1c(F)cccc1F. The fourth-order valence-corrected chi connectivity index (χ4v) is 3.19. The number of aromatic nitrogens is 1. The van der Waals surface area contributed by atoms with E-state index in [2.05, 4.69) is 10.3 Å². The molecule has 134 valence electrons. The zero-order valence-corrected chi connectivity index (χ0v) is 15.1. The maximum absolute atomic E-state index is 13.7. The summed E-state index contributed by atoms with van der Waals surface area (Å²) in [6.45, 7) is 1.81. The second-order valence-corrected chi connectivity index (χ2v) is 6.84. The number of nitrogens with one attached hydrogen (secondary N) is 1. The smallest absolute Gasteiger partial charge is 0.267 e. The number of thiazole rings is 1. The van der Waals surface area contributed by atoms with E-state index in [1.807, 2.05) is 0 Å². The molecule has 0 atom stereocenters. The van der Waals surface area contributed by atoms with Gasteiger partial charge in [0.1, 0.15) is 39.6 Å². The number of nitrogens with zero attached hydrogens (tertiary/aromatic N) is 1. The van der Waals surface area contributed by atoms with Crippen molar-refractivity contribution >= 4 is 34.5 Å². The van der Waals surface area contributed by atoms with Crippen LogP contribution in [-0.4, -0.2) is 10.9 Å². The highest BCUT2D eigenvalue weighted by Crippen LogP contribution is 2.24. The highest BCUT2D eigenvalue weighted by molar-refractivity contribution is 7.13. The van der Waals surface area contributed by atoms with E-state index in [1.54, 1.807) is 31.2 Å². The average molecular weight is 395 g/mol. The summed E-state index contributed by atoms with van der Waals surface area (Å²) in [7, 11) is 0. The van der Waals surface area contributed by atoms with Crippen molar-refractivity contribution in [3.05, 3.63) is 74.7 Å². The Kier molecular flexibility index (Phi) is 5.49. The summed E-state index contributed by atoms with van der Waals surface area (Å²) < 4.78 is 32.9. The highest BCUT2D eigenvalue weighted by Gasteiger charge is 2.19. The van der Waals surface area contributed by atoms with Crippen LogP contribution in [-0.2, 0) is 6.61 Å². The Morgan fingerprint density at radius 1 is 1.19 bits per heavy atom. The monoisotopic (exact) mass is 394 g/mol. The van der Waals surface area contributed by atoms with Crippen molar-refractivity contribution in [2.24, 2.45) is 0 Å². The molecule has 0 saturated heterocycles. The van der Waals surface area contributed by atoms with Crippen LogP contribution in [0.25, 0.3) is 0 Å². The van der Waals surface area contributed by atoms with Crippen molar-refractivity contribution in [1.82, 2.24) is 4.98 Å². The van der Waals surface area contributed by atoms with E-state index in [1.165, 1.54) is 6.07 Å². The van der Waals surface area contributed by atoms with Gasteiger partial charge in [-0.15, -0.1) is 11.3 Å². The van der Waals surface area contributed by atoms with Gasteiger partial charge in [-0.05, 0) is 43.3 Å². The number of benzene rings is 2. The summed E-state index contributed by atoms with van der Waals surface area (Å²) in [5.41, 5.74) is -0.0248. The number of hydrogen-bond acceptors (Lipinski definition) is 4. The van der Waals surface area contributed by atoms with Crippen molar-refractivity contribution < 1.29 is 18.3 Å². The minimum absolute atomic E-state index is 0.161. The zero-order chi connectivity index (χ0) is 18.7. The van der Waals surface area contributed by atoms with Gasteiger partial charge in [0.15, 0.2) is 0 Å². The number of carbonyl (C=O) groups is 1. The molecule has 1 aromatic heterocycles. The first-order chi connectivity index (χ1) is 12.4. The second kappa shape index (κ2) is 7.80. The Bertz CT molecular complexity index is 925. The predicted molar refractivity (Wildman–Crippen MR) is 96.9 cm³/mol. The van der Waals surface area contributed by atoms with Crippen LogP contribution in [0, 0.1) is 18.6 Å². The number of para-hydroxylation sites is 1. The molecule has 1 N–H and O–H groups in total. The van der Waals surface area contributed by atoms with Gasteiger partial charge in [0.05, 0.1) is 5.69 Å². The van der Waals surface area contributed by atoms with E-state index < -0.39 is 23.2 Å². The second-order valence-electron chi connectivity index (χ2n) is 5.32. The first-order valence-electron chi connectivity index (χ1n) is 7.54. The lowest BCUT2D eigenvalue weighted by molar-refractivity contribution is 0.102. The molecule has 4 nitrogen and oxygen atoms in total. The molecule has 1 amide bonds. The van der Waals surface area contributed by atoms with Crippen LogP contribution >= 0.6 is 22.9 Å². The summed E-state index contributed by atoms with van der Waals surface area (Å²) in [5, 5.41) is 3.42. The number of ether oxygens (including phenoxy) is 1. The van der Waals surface area contributed by atoms with E-state index in [0.29, 0.717) is 21.5 Å². The zero-order valence-electron chi connectivity index (χ0n) is 13.6. The van der Waals surface area contributed by atoms with E-state index in [-0.39, 0.29) is 11.5 Å². The van der Waals surface area contributed by atoms with Crippen LogP contribution in [0.1, 0.15) is 20.4 Å². The van der Waals surface area contributed by atoms with Gasteiger partial charge >= 0.3 is 0 Å². The molecule has 3 rings (SSSR count). The van der Waals surface area contributed by atoms with Gasteiger partial charge in [-0.25, -0.2) is 13.8 Å². The molecule has 0 saturated carbocycles. The first-order valence-corrected chi connectivity index (χ1v) is 8.73. The van der Waals surface area contributed by atoms with Crippen molar-refractivity contribution in [3.8, 4) is 5.75 Å². The molecule has 1 heterocycles. The van der Waals surface area contributed by atoms with E-state index >= 15 is 0 Å². The number of rotatable bonds is 5. The number of aryl methyl sites for hydroxylation is 1. The van der Waals surface area contributed by atoms with Gasteiger partial charge in [0.25, 0.3) is 5.91 Å². The number of amides is 1. The van der Waals surface area contributed by atoms with Gasteiger partial charge in [0, 0.05) is 5.02 Å². The summed E-state index contributed by atoms with van der Waals surface area (Å²) in [4.78, 5) is 16.9. The maximum Gasteiger partial charge on any atom is 0.267 e. The molecule has 0 radical (unpaired) electrons. The Morgan fingerprint density at radius 2 is 1.85 bits per heavy atom. The standard InChI is InChI=1S/C18H13ClF2N2O2S/c1-10-17(18(24)23-16-13(20)3-2-4-14(16)21)26-15(22-10)9-25-12-7-5-11(19)6-8-12/h2-8H,9H2,1H3,(H,23,24). The Hall–Kier alpha value is -2.51.